The predicted octanol–water partition coefficient (Wildman–Crippen LogP) is 4.67. The van der Waals surface area contributed by atoms with Crippen molar-refractivity contribution in [1.29, 1.82) is 0 Å². The molecule has 108 valence electrons. The first kappa shape index (κ1) is 15.0. The zero-order chi connectivity index (χ0) is 13.9. The molecule has 19 heavy (non-hydrogen) atoms. The normalized spacial score (nSPS) is 19.6. The zero-order valence-corrected chi connectivity index (χ0v) is 13.6. The number of nitrogens with one attached hydrogen (secondary N) is 1. The summed E-state index contributed by atoms with van der Waals surface area (Å²) in [4.78, 5) is 4.87. The van der Waals surface area contributed by atoms with E-state index in [0.717, 1.165) is 5.92 Å². The number of rotatable bonds is 4. The highest BCUT2D eigenvalue weighted by Crippen LogP contribution is 2.34. The molecule has 1 aliphatic rings. The van der Waals surface area contributed by atoms with Crippen LogP contribution in [-0.4, -0.2) is 12.0 Å². The molecule has 1 aliphatic carbocycles. The standard InChI is InChI=1S/C16H28N2S/c1-16(2,3)14-11-19-15(18-14)13(17-4)10-12-8-6-5-7-9-12/h11-13,17H,5-10H2,1-4H3. The molecular weight excluding hydrogens is 252 g/mol. The molecule has 2 rings (SSSR count). The number of thiazole rings is 1. The van der Waals surface area contributed by atoms with Crippen LogP contribution in [0.1, 0.15) is 76.0 Å². The lowest BCUT2D eigenvalue weighted by Gasteiger charge is -2.25. The van der Waals surface area contributed by atoms with E-state index in [9.17, 15) is 0 Å². The maximum Gasteiger partial charge on any atom is 0.110 e. The average molecular weight is 280 g/mol. The predicted molar refractivity (Wildman–Crippen MR) is 83.8 cm³/mol. The Kier molecular flexibility index (Phi) is 5.02. The molecule has 1 saturated carbocycles. The van der Waals surface area contributed by atoms with Crippen LogP contribution in [0.2, 0.25) is 0 Å². The minimum Gasteiger partial charge on any atom is -0.311 e. The summed E-state index contributed by atoms with van der Waals surface area (Å²) >= 11 is 1.82. The van der Waals surface area contributed by atoms with Gasteiger partial charge in [0.15, 0.2) is 0 Å². The quantitative estimate of drug-likeness (QED) is 0.867. The molecule has 1 N–H and O–H groups in total. The second-order valence-corrected chi connectivity index (χ2v) is 7.79. The summed E-state index contributed by atoms with van der Waals surface area (Å²) in [5.74, 6) is 0.896. The summed E-state index contributed by atoms with van der Waals surface area (Å²) in [5, 5.41) is 6.99. The maximum absolute atomic E-state index is 4.87. The van der Waals surface area contributed by atoms with Crippen LogP contribution in [0.5, 0.6) is 0 Å². The smallest absolute Gasteiger partial charge is 0.110 e. The largest absolute Gasteiger partial charge is 0.311 e. The molecule has 0 aliphatic heterocycles. The van der Waals surface area contributed by atoms with E-state index in [1.54, 1.807) is 0 Å². The monoisotopic (exact) mass is 280 g/mol. The van der Waals surface area contributed by atoms with Gasteiger partial charge in [-0.1, -0.05) is 52.9 Å². The van der Waals surface area contributed by atoms with E-state index in [1.165, 1.54) is 49.2 Å². The Hall–Kier alpha value is -0.410. The van der Waals surface area contributed by atoms with Crippen LogP contribution < -0.4 is 5.32 Å². The molecule has 3 heteroatoms. The SMILES string of the molecule is CNC(CC1CCCCC1)c1nc(C(C)(C)C)cs1. The van der Waals surface area contributed by atoms with Crippen LogP contribution in [0.3, 0.4) is 0 Å². The molecule has 0 bridgehead atoms. The van der Waals surface area contributed by atoms with E-state index in [4.69, 9.17) is 4.98 Å². The lowest BCUT2D eigenvalue weighted by Crippen LogP contribution is -2.21. The fraction of sp³-hybridized carbons (Fsp3) is 0.812. The summed E-state index contributed by atoms with van der Waals surface area (Å²) in [5.41, 5.74) is 1.40. The van der Waals surface area contributed by atoms with Gasteiger partial charge in [0.2, 0.25) is 0 Å². The molecule has 0 saturated heterocycles. The minimum atomic E-state index is 0.165. The number of hydrogen-bond acceptors (Lipinski definition) is 3. The lowest BCUT2D eigenvalue weighted by molar-refractivity contribution is 0.305. The van der Waals surface area contributed by atoms with Crippen LogP contribution in [0.4, 0.5) is 0 Å². The van der Waals surface area contributed by atoms with Crippen molar-refractivity contribution in [2.24, 2.45) is 5.92 Å². The summed E-state index contributed by atoms with van der Waals surface area (Å²) in [6.45, 7) is 6.71. The van der Waals surface area contributed by atoms with Crippen LogP contribution in [-0.2, 0) is 5.41 Å². The zero-order valence-electron chi connectivity index (χ0n) is 12.8. The van der Waals surface area contributed by atoms with Gasteiger partial charge in [-0.2, -0.15) is 0 Å². The van der Waals surface area contributed by atoms with Crippen LogP contribution in [0.25, 0.3) is 0 Å². The van der Waals surface area contributed by atoms with Crippen molar-refractivity contribution in [3.8, 4) is 0 Å². The van der Waals surface area contributed by atoms with Crippen molar-refractivity contribution in [2.75, 3.05) is 7.05 Å². The van der Waals surface area contributed by atoms with Crippen molar-refractivity contribution in [1.82, 2.24) is 10.3 Å². The molecule has 0 spiro atoms. The number of nitrogens with zero attached hydrogens (tertiary/aromatic N) is 1. The first-order valence-corrected chi connectivity index (χ1v) is 8.52. The molecule has 0 aromatic carbocycles. The van der Waals surface area contributed by atoms with Crippen molar-refractivity contribution >= 4 is 11.3 Å². The highest BCUT2D eigenvalue weighted by molar-refractivity contribution is 7.09. The van der Waals surface area contributed by atoms with Crippen molar-refractivity contribution < 1.29 is 0 Å². The van der Waals surface area contributed by atoms with Gasteiger partial charge < -0.3 is 5.32 Å². The minimum absolute atomic E-state index is 0.165. The van der Waals surface area contributed by atoms with Gasteiger partial charge in [0.25, 0.3) is 0 Å². The molecule has 0 amide bonds. The van der Waals surface area contributed by atoms with Crippen molar-refractivity contribution in [2.45, 2.75) is 70.8 Å². The van der Waals surface area contributed by atoms with Gasteiger partial charge in [-0.15, -0.1) is 11.3 Å². The van der Waals surface area contributed by atoms with Gasteiger partial charge in [0.05, 0.1) is 11.7 Å². The van der Waals surface area contributed by atoms with Gasteiger partial charge in [0, 0.05) is 10.8 Å². The second kappa shape index (κ2) is 6.36. The summed E-state index contributed by atoms with van der Waals surface area (Å²) in [6, 6.07) is 0.448. The molecule has 1 aromatic heterocycles. The number of hydrogen-bond donors (Lipinski definition) is 1. The van der Waals surface area contributed by atoms with Gasteiger partial charge in [0.1, 0.15) is 5.01 Å². The average Bonchev–Trinajstić information content (AvgIpc) is 2.86. The van der Waals surface area contributed by atoms with E-state index in [0.29, 0.717) is 6.04 Å². The Morgan fingerprint density at radius 3 is 2.53 bits per heavy atom. The highest BCUT2D eigenvalue weighted by atomic mass is 32.1. The van der Waals surface area contributed by atoms with Crippen molar-refractivity contribution in [3.05, 3.63) is 16.1 Å². The third-order valence-electron chi connectivity index (χ3n) is 4.23. The van der Waals surface area contributed by atoms with Gasteiger partial charge in [-0.25, -0.2) is 4.98 Å². The Bertz CT molecular complexity index is 386. The number of aromatic nitrogens is 1. The van der Waals surface area contributed by atoms with E-state index in [1.807, 2.05) is 11.3 Å². The molecule has 1 fully saturated rings. The first-order valence-electron chi connectivity index (χ1n) is 7.64. The Morgan fingerprint density at radius 1 is 1.32 bits per heavy atom. The third-order valence-corrected chi connectivity index (χ3v) is 5.19. The van der Waals surface area contributed by atoms with E-state index in [2.05, 4.69) is 38.5 Å². The van der Waals surface area contributed by atoms with Gasteiger partial charge in [-0.3, -0.25) is 0 Å². The van der Waals surface area contributed by atoms with Gasteiger partial charge in [-0.05, 0) is 19.4 Å². The topological polar surface area (TPSA) is 24.9 Å². The molecular formula is C16H28N2S. The Morgan fingerprint density at radius 2 is 2.00 bits per heavy atom. The maximum atomic E-state index is 4.87. The van der Waals surface area contributed by atoms with Crippen molar-refractivity contribution in [3.63, 3.8) is 0 Å². The van der Waals surface area contributed by atoms with E-state index >= 15 is 0 Å². The molecule has 1 aromatic rings. The first-order chi connectivity index (χ1) is 9.00. The summed E-state index contributed by atoms with van der Waals surface area (Å²) in [6.07, 6.45) is 8.36. The fourth-order valence-corrected chi connectivity index (χ4v) is 4.06. The summed E-state index contributed by atoms with van der Waals surface area (Å²) < 4.78 is 0. The molecule has 1 heterocycles. The van der Waals surface area contributed by atoms with Crippen LogP contribution in [0, 0.1) is 5.92 Å². The van der Waals surface area contributed by atoms with Crippen LogP contribution in [0.15, 0.2) is 5.38 Å². The fourth-order valence-electron chi connectivity index (χ4n) is 2.89. The molecule has 1 atom stereocenters. The molecule has 1 unspecified atom stereocenters. The third kappa shape index (κ3) is 4.03. The van der Waals surface area contributed by atoms with Gasteiger partial charge >= 0.3 is 0 Å². The van der Waals surface area contributed by atoms with E-state index in [-0.39, 0.29) is 5.41 Å². The van der Waals surface area contributed by atoms with E-state index < -0.39 is 0 Å². The summed E-state index contributed by atoms with van der Waals surface area (Å²) in [7, 11) is 2.08. The van der Waals surface area contributed by atoms with Crippen LogP contribution >= 0.6 is 11.3 Å². The second-order valence-electron chi connectivity index (χ2n) is 6.90. The highest BCUT2D eigenvalue weighted by Gasteiger charge is 2.23. The Labute approximate surface area is 122 Å². The lowest BCUT2D eigenvalue weighted by atomic mass is 9.85. The molecule has 2 nitrogen and oxygen atoms in total. The Balaban J connectivity index is 2.02. The molecule has 0 radical (unpaired) electrons.